The van der Waals surface area contributed by atoms with Gasteiger partial charge in [0, 0.05) is 26.2 Å². The maximum Gasteiger partial charge on any atom is 0.407 e. The summed E-state index contributed by atoms with van der Waals surface area (Å²) in [6.07, 6.45) is 0.628. The van der Waals surface area contributed by atoms with Gasteiger partial charge in [-0.1, -0.05) is 19.9 Å². The van der Waals surface area contributed by atoms with Crippen LogP contribution in [0.3, 0.4) is 0 Å². The third-order valence-electron chi connectivity index (χ3n) is 5.20. The molecule has 2 heterocycles. The molecule has 10 nitrogen and oxygen atoms in total. The van der Waals surface area contributed by atoms with E-state index in [9.17, 15) is 19.2 Å². The van der Waals surface area contributed by atoms with E-state index in [0.717, 1.165) is 10.5 Å². The lowest BCUT2D eigenvalue weighted by Gasteiger charge is -2.31. The first-order valence-electron chi connectivity index (χ1n) is 9.90. The summed E-state index contributed by atoms with van der Waals surface area (Å²) in [5, 5.41) is 14.5. The van der Waals surface area contributed by atoms with Crippen LogP contribution in [0, 0.1) is 5.92 Å². The number of carboxylic acid groups (broad SMARTS) is 1. The molecule has 0 saturated carbocycles. The van der Waals surface area contributed by atoms with Crippen LogP contribution in [0.2, 0.25) is 0 Å². The zero-order valence-corrected chi connectivity index (χ0v) is 17.9. The molecule has 0 bridgehead atoms. The molecule has 4 amide bonds. The van der Waals surface area contributed by atoms with E-state index in [1.165, 1.54) is 18.9 Å². The van der Waals surface area contributed by atoms with Crippen LogP contribution < -0.4 is 15.5 Å². The quantitative estimate of drug-likeness (QED) is 0.593. The van der Waals surface area contributed by atoms with Crippen molar-refractivity contribution in [2.45, 2.75) is 52.2 Å². The second kappa shape index (κ2) is 9.55. The molecular formula is C20H29N5O5. The standard InChI is InChI=1S/C20H29N5O5/c1-6-21-18(27)14-10-13-8-7-9-22-16(13)25(14)19(28)15(11(2)3)23-17(26)12(4)24(5)20(29)30/h7-9,11-12,14-15H,6,10H2,1-5H3,(H,21,27)(H,23,26)(H,29,30)/t12-,14?,15-/m0/s1. The normalized spacial score (nSPS) is 17.1. The summed E-state index contributed by atoms with van der Waals surface area (Å²) in [5.74, 6) is -1.25. The monoisotopic (exact) mass is 419 g/mol. The van der Waals surface area contributed by atoms with Crippen LogP contribution in [0.15, 0.2) is 18.3 Å². The predicted molar refractivity (Wildman–Crippen MR) is 110 cm³/mol. The zero-order chi connectivity index (χ0) is 22.6. The number of hydrogen-bond acceptors (Lipinski definition) is 5. The van der Waals surface area contributed by atoms with Crippen LogP contribution in [-0.4, -0.2) is 70.5 Å². The van der Waals surface area contributed by atoms with Crippen LogP contribution in [0.1, 0.15) is 33.3 Å². The second-order valence-corrected chi connectivity index (χ2v) is 7.61. The number of carbonyl (C=O) groups is 4. The molecule has 10 heteroatoms. The van der Waals surface area contributed by atoms with Gasteiger partial charge in [0.25, 0.3) is 5.91 Å². The van der Waals surface area contributed by atoms with Gasteiger partial charge < -0.3 is 15.7 Å². The molecule has 1 aromatic rings. The Kier molecular flexibility index (Phi) is 7.36. The van der Waals surface area contributed by atoms with Gasteiger partial charge in [-0.3, -0.25) is 24.2 Å². The predicted octanol–water partition coefficient (Wildman–Crippen LogP) is 0.615. The highest BCUT2D eigenvalue weighted by molar-refractivity contribution is 6.06. The minimum atomic E-state index is -1.25. The van der Waals surface area contributed by atoms with Crippen molar-refractivity contribution in [2.75, 3.05) is 18.5 Å². The number of rotatable bonds is 7. The molecule has 0 radical (unpaired) electrons. The van der Waals surface area contributed by atoms with Gasteiger partial charge in [0.05, 0.1) is 0 Å². The van der Waals surface area contributed by atoms with Crippen molar-refractivity contribution in [1.82, 2.24) is 20.5 Å². The van der Waals surface area contributed by atoms with E-state index in [1.54, 1.807) is 33.0 Å². The smallest absolute Gasteiger partial charge is 0.407 e. The zero-order valence-electron chi connectivity index (χ0n) is 17.9. The first-order valence-corrected chi connectivity index (χ1v) is 9.90. The first kappa shape index (κ1) is 23.1. The molecule has 1 aromatic heterocycles. The highest BCUT2D eigenvalue weighted by atomic mass is 16.4. The van der Waals surface area contributed by atoms with Crippen LogP contribution in [-0.2, 0) is 20.8 Å². The molecule has 2 rings (SSSR count). The van der Waals surface area contributed by atoms with Crippen molar-refractivity contribution < 1.29 is 24.3 Å². The van der Waals surface area contributed by atoms with Gasteiger partial charge >= 0.3 is 6.09 Å². The number of amides is 4. The molecule has 30 heavy (non-hydrogen) atoms. The SMILES string of the molecule is CCNC(=O)C1Cc2cccnc2N1C(=O)[C@@H](NC(=O)[C@H](C)N(C)C(=O)O)C(C)C. The number of hydrogen-bond donors (Lipinski definition) is 3. The van der Waals surface area contributed by atoms with Crippen molar-refractivity contribution in [2.24, 2.45) is 5.92 Å². The molecule has 1 unspecified atom stereocenters. The third-order valence-corrected chi connectivity index (χ3v) is 5.20. The fourth-order valence-electron chi connectivity index (χ4n) is 3.29. The maximum absolute atomic E-state index is 13.5. The van der Waals surface area contributed by atoms with E-state index in [4.69, 9.17) is 5.11 Å². The molecule has 0 spiro atoms. The molecule has 0 aromatic carbocycles. The Labute approximate surface area is 175 Å². The number of likely N-dealkylation sites (N-methyl/N-ethyl adjacent to an activating group) is 2. The molecule has 0 aliphatic carbocycles. The molecule has 3 atom stereocenters. The Balaban J connectivity index is 2.33. The molecule has 1 aliphatic rings. The average molecular weight is 419 g/mol. The van der Waals surface area contributed by atoms with E-state index in [0.29, 0.717) is 18.8 Å². The molecule has 3 N–H and O–H groups in total. The Hall–Kier alpha value is -3.17. The number of nitrogens with one attached hydrogen (secondary N) is 2. The van der Waals surface area contributed by atoms with Gasteiger partial charge in [-0.2, -0.15) is 0 Å². The average Bonchev–Trinajstić information content (AvgIpc) is 3.09. The summed E-state index contributed by atoms with van der Waals surface area (Å²) in [5.41, 5.74) is 0.773. The summed E-state index contributed by atoms with van der Waals surface area (Å²) in [6, 6.07) is 0.855. The number of carbonyl (C=O) groups excluding carboxylic acids is 3. The Morgan fingerprint density at radius 3 is 2.53 bits per heavy atom. The van der Waals surface area contributed by atoms with E-state index >= 15 is 0 Å². The summed E-state index contributed by atoms with van der Waals surface area (Å²) in [7, 11) is 1.28. The lowest BCUT2D eigenvalue weighted by molar-refractivity contribution is -0.132. The minimum absolute atomic E-state index is 0.295. The summed E-state index contributed by atoms with van der Waals surface area (Å²) >= 11 is 0. The second-order valence-electron chi connectivity index (χ2n) is 7.61. The van der Waals surface area contributed by atoms with Crippen molar-refractivity contribution in [3.63, 3.8) is 0 Å². The minimum Gasteiger partial charge on any atom is -0.465 e. The maximum atomic E-state index is 13.5. The Morgan fingerprint density at radius 1 is 1.30 bits per heavy atom. The molecular weight excluding hydrogens is 390 g/mol. The van der Waals surface area contributed by atoms with Gasteiger partial charge in [0.1, 0.15) is 23.9 Å². The van der Waals surface area contributed by atoms with Gasteiger partial charge in [-0.15, -0.1) is 0 Å². The Morgan fingerprint density at radius 2 is 1.97 bits per heavy atom. The van der Waals surface area contributed by atoms with Crippen LogP contribution >= 0.6 is 0 Å². The summed E-state index contributed by atoms with van der Waals surface area (Å²) < 4.78 is 0. The van der Waals surface area contributed by atoms with Crippen molar-refractivity contribution in [3.05, 3.63) is 23.9 Å². The summed E-state index contributed by atoms with van der Waals surface area (Å²) in [4.78, 5) is 56.4. The Bertz CT molecular complexity index is 828. The van der Waals surface area contributed by atoms with Gasteiger partial charge in [-0.05, 0) is 31.4 Å². The highest BCUT2D eigenvalue weighted by Crippen LogP contribution is 2.31. The van der Waals surface area contributed by atoms with E-state index in [2.05, 4.69) is 15.6 Å². The van der Waals surface area contributed by atoms with Gasteiger partial charge in [0.2, 0.25) is 11.8 Å². The fourth-order valence-corrected chi connectivity index (χ4v) is 3.29. The molecule has 164 valence electrons. The molecule has 0 fully saturated rings. The number of pyridine rings is 1. The third kappa shape index (κ3) is 4.69. The van der Waals surface area contributed by atoms with E-state index < -0.39 is 36.0 Å². The van der Waals surface area contributed by atoms with Crippen molar-refractivity contribution in [3.8, 4) is 0 Å². The number of fused-ring (bicyclic) bond motifs is 1. The highest BCUT2D eigenvalue weighted by Gasteiger charge is 2.43. The van der Waals surface area contributed by atoms with Crippen molar-refractivity contribution in [1.29, 1.82) is 0 Å². The first-order chi connectivity index (χ1) is 14.1. The molecule has 1 aliphatic heterocycles. The van der Waals surface area contributed by atoms with Crippen molar-refractivity contribution >= 4 is 29.6 Å². The fraction of sp³-hybridized carbons (Fsp3) is 0.550. The van der Waals surface area contributed by atoms with Gasteiger partial charge in [-0.25, -0.2) is 9.78 Å². The number of anilines is 1. The van der Waals surface area contributed by atoms with E-state index in [-0.39, 0.29) is 11.8 Å². The lowest BCUT2D eigenvalue weighted by Crippen LogP contribution is -2.58. The lowest BCUT2D eigenvalue weighted by atomic mass is 10.0. The van der Waals surface area contributed by atoms with Crippen LogP contribution in [0.25, 0.3) is 0 Å². The number of nitrogens with zero attached hydrogens (tertiary/aromatic N) is 3. The van der Waals surface area contributed by atoms with Crippen LogP contribution in [0.4, 0.5) is 10.6 Å². The topological polar surface area (TPSA) is 132 Å². The largest absolute Gasteiger partial charge is 0.465 e. The molecule has 0 saturated heterocycles. The van der Waals surface area contributed by atoms with E-state index in [1.807, 2.05) is 6.07 Å². The van der Waals surface area contributed by atoms with Gasteiger partial charge in [0.15, 0.2) is 0 Å². The summed E-state index contributed by atoms with van der Waals surface area (Å²) in [6.45, 7) is 7.19. The number of aromatic nitrogens is 1. The van der Waals surface area contributed by atoms with Crippen LogP contribution in [0.5, 0.6) is 0 Å².